The van der Waals surface area contributed by atoms with Crippen LogP contribution in [-0.2, 0) is 17.5 Å². The largest absolute Gasteiger partial charge is 0.481 e. The molecule has 0 saturated carbocycles. The molecule has 0 fully saturated rings. The van der Waals surface area contributed by atoms with Gasteiger partial charge in [-0.3, -0.25) is 4.79 Å². The van der Waals surface area contributed by atoms with E-state index in [1.807, 2.05) is 6.07 Å². The number of halogens is 3. The first kappa shape index (κ1) is 24.8. The maximum atomic E-state index is 14.4. The summed E-state index contributed by atoms with van der Waals surface area (Å²) in [6.07, 6.45) is -4.66. The number of anilines is 1. The van der Waals surface area contributed by atoms with E-state index in [0.29, 0.717) is 23.4 Å². The van der Waals surface area contributed by atoms with Crippen molar-refractivity contribution in [1.82, 2.24) is 0 Å². The van der Waals surface area contributed by atoms with Gasteiger partial charge >= 0.3 is 12.1 Å². The molecular weight excluding hydrogens is 441 g/mol. The molecular formula is C27H25F3N2O2. The molecule has 1 unspecified atom stereocenters. The Labute approximate surface area is 196 Å². The van der Waals surface area contributed by atoms with Gasteiger partial charge < -0.3 is 10.4 Å². The highest BCUT2D eigenvalue weighted by molar-refractivity contribution is 5.82. The van der Waals surface area contributed by atoms with Gasteiger partial charge in [-0.1, -0.05) is 56.3 Å². The Bertz CT molecular complexity index is 1180. The van der Waals surface area contributed by atoms with Crippen molar-refractivity contribution in [1.29, 1.82) is 5.26 Å². The first-order valence-electron chi connectivity index (χ1n) is 10.9. The van der Waals surface area contributed by atoms with Gasteiger partial charge in [-0.15, -0.1) is 0 Å². The third-order valence-corrected chi connectivity index (χ3v) is 5.50. The summed E-state index contributed by atoms with van der Waals surface area (Å²) in [5, 5.41) is 21.9. The number of nitrogens with one attached hydrogen (secondary N) is 1. The van der Waals surface area contributed by atoms with Crippen molar-refractivity contribution < 1.29 is 23.1 Å². The maximum absolute atomic E-state index is 14.4. The van der Waals surface area contributed by atoms with Crippen LogP contribution in [0.4, 0.5) is 18.9 Å². The number of carbonyl (C=O) groups is 1. The molecule has 0 bridgehead atoms. The zero-order valence-corrected chi connectivity index (χ0v) is 18.9. The van der Waals surface area contributed by atoms with E-state index in [2.05, 4.69) is 5.32 Å². The predicted molar refractivity (Wildman–Crippen MR) is 125 cm³/mol. The van der Waals surface area contributed by atoms with Crippen LogP contribution in [0.3, 0.4) is 0 Å². The molecule has 0 saturated heterocycles. The minimum Gasteiger partial charge on any atom is -0.481 e. The Morgan fingerprint density at radius 1 is 1.06 bits per heavy atom. The number of aliphatic carboxylic acids is 1. The highest BCUT2D eigenvalue weighted by atomic mass is 19.4. The maximum Gasteiger partial charge on any atom is 0.417 e. The second-order valence-corrected chi connectivity index (χ2v) is 8.53. The number of nitriles is 1. The van der Waals surface area contributed by atoms with E-state index in [0.717, 1.165) is 5.56 Å². The van der Waals surface area contributed by atoms with Crippen molar-refractivity contribution in [2.75, 3.05) is 5.32 Å². The van der Waals surface area contributed by atoms with E-state index < -0.39 is 23.6 Å². The summed E-state index contributed by atoms with van der Waals surface area (Å²) in [7, 11) is 0. The lowest BCUT2D eigenvalue weighted by Gasteiger charge is -2.24. The molecule has 3 rings (SSSR count). The molecule has 0 aliphatic rings. The number of hydrogen-bond acceptors (Lipinski definition) is 3. The summed E-state index contributed by atoms with van der Waals surface area (Å²) in [4.78, 5) is 12.1. The Balaban J connectivity index is 2.16. The summed E-state index contributed by atoms with van der Waals surface area (Å²) >= 11 is 0. The molecule has 0 heterocycles. The van der Waals surface area contributed by atoms with Crippen LogP contribution < -0.4 is 5.32 Å². The SMILES string of the molecule is CC(C)CC(C(=O)O)c1cc(NCc2ccc(C#N)cc2)cc(-c2ccccc2)c1C(F)(F)F. The molecule has 3 aromatic carbocycles. The molecule has 0 amide bonds. The van der Waals surface area contributed by atoms with Crippen LogP contribution >= 0.6 is 0 Å². The molecule has 7 heteroatoms. The molecule has 0 radical (unpaired) electrons. The number of carboxylic acid groups (broad SMARTS) is 1. The molecule has 0 aliphatic heterocycles. The van der Waals surface area contributed by atoms with E-state index >= 15 is 0 Å². The van der Waals surface area contributed by atoms with Gasteiger partial charge in [-0.2, -0.15) is 18.4 Å². The van der Waals surface area contributed by atoms with Crippen molar-refractivity contribution in [3.05, 3.63) is 89.0 Å². The van der Waals surface area contributed by atoms with Gasteiger partial charge in [0.1, 0.15) is 0 Å². The van der Waals surface area contributed by atoms with Crippen molar-refractivity contribution in [2.24, 2.45) is 5.92 Å². The van der Waals surface area contributed by atoms with E-state index in [1.54, 1.807) is 68.4 Å². The number of carboxylic acids is 1. The van der Waals surface area contributed by atoms with Crippen LogP contribution in [0, 0.1) is 17.2 Å². The smallest absolute Gasteiger partial charge is 0.417 e. The van der Waals surface area contributed by atoms with Gasteiger partial charge in [0, 0.05) is 12.2 Å². The monoisotopic (exact) mass is 466 g/mol. The molecule has 4 nitrogen and oxygen atoms in total. The molecule has 0 aromatic heterocycles. The van der Waals surface area contributed by atoms with Crippen molar-refractivity contribution in [2.45, 2.75) is 38.9 Å². The molecule has 0 aliphatic carbocycles. The number of benzene rings is 3. The quantitative estimate of drug-likeness (QED) is 0.372. The highest BCUT2D eigenvalue weighted by Gasteiger charge is 2.40. The van der Waals surface area contributed by atoms with Crippen molar-refractivity contribution in [3.63, 3.8) is 0 Å². The van der Waals surface area contributed by atoms with Crippen LogP contribution in [0.1, 0.15) is 48.4 Å². The second kappa shape index (κ2) is 10.4. The lowest BCUT2D eigenvalue weighted by molar-refractivity contribution is -0.141. The van der Waals surface area contributed by atoms with E-state index in [-0.39, 0.29) is 23.5 Å². The normalized spacial score (nSPS) is 12.3. The number of alkyl halides is 3. The number of hydrogen-bond donors (Lipinski definition) is 2. The molecule has 1 atom stereocenters. The molecule has 0 spiro atoms. The molecule has 3 aromatic rings. The average Bonchev–Trinajstić information content (AvgIpc) is 2.80. The van der Waals surface area contributed by atoms with Gasteiger partial charge in [0.15, 0.2) is 0 Å². The van der Waals surface area contributed by atoms with Crippen LogP contribution in [0.15, 0.2) is 66.7 Å². The van der Waals surface area contributed by atoms with Crippen molar-refractivity contribution in [3.8, 4) is 17.2 Å². The van der Waals surface area contributed by atoms with Gasteiger partial charge in [0.2, 0.25) is 0 Å². The van der Waals surface area contributed by atoms with Crippen LogP contribution in [0.25, 0.3) is 11.1 Å². The lowest BCUT2D eigenvalue weighted by atomic mass is 9.83. The Kier molecular flexibility index (Phi) is 7.62. The van der Waals surface area contributed by atoms with Gasteiger partial charge in [0.25, 0.3) is 0 Å². The van der Waals surface area contributed by atoms with Crippen molar-refractivity contribution >= 4 is 11.7 Å². The summed E-state index contributed by atoms with van der Waals surface area (Å²) in [5.41, 5.74) is 0.840. The van der Waals surface area contributed by atoms with Crippen LogP contribution in [0.2, 0.25) is 0 Å². The van der Waals surface area contributed by atoms with Crippen LogP contribution in [-0.4, -0.2) is 11.1 Å². The summed E-state index contributed by atoms with van der Waals surface area (Å²) in [5.74, 6) is -2.71. The fourth-order valence-electron chi connectivity index (χ4n) is 3.94. The third kappa shape index (κ3) is 5.96. The van der Waals surface area contributed by atoms with E-state index in [1.165, 1.54) is 12.1 Å². The first-order chi connectivity index (χ1) is 16.1. The zero-order chi connectivity index (χ0) is 24.9. The van der Waals surface area contributed by atoms with Gasteiger partial charge in [-0.05, 0) is 58.9 Å². The molecule has 176 valence electrons. The fourth-order valence-corrected chi connectivity index (χ4v) is 3.94. The summed E-state index contributed by atoms with van der Waals surface area (Å²) in [6, 6.07) is 19.8. The summed E-state index contributed by atoms with van der Waals surface area (Å²) < 4.78 is 43.1. The Morgan fingerprint density at radius 2 is 1.71 bits per heavy atom. The Morgan fingerprint density at radius 3 is 2.24 bits per heavy atom. The lowest BCUT2D eigenvalue weighted by Crippen LogP contribution is -2.21. The predicted octanol–water partition coefficient (Wildman–Crippen LogP) is 7.07. The number of rotatable bonds is 8. The minimum atomic E-state index is -4.74. The van der Waals surface area contributed by atoms with E-state index in [9.17, 15) is 23.1 Å². The highest BCUT2D eigenvalue weighted by Crippen LogP contribution is 2.45. The molecule has 2 N–H and O–H groups in total. The van der Waals surface area contributed by atoms with Gasteiger partial charge in [0.05, 0.1) is 23.1 Å². The zero-order valence-electron chi connectivity index (χ0n) is 18.9. The molecule has 34 heavy (non-hydrogen) atoms. The fraction of sp³-hybridized carbons (Fsp3) is 0.259. The standard InChI is InChI=1S/C27H25F3N2O2/c1-17(2)12-24(26(33)34)23-14-21(32-16-19-10-8-18(15-31)9-11-19)13-22(25(23)27(28,29)30)20-6-4-3-5-7-20/h3-11,13-14,17,24,32H,12,16H2,1-2H3,(H,33,34). The van der Waals surface area contributed by atoms with Crippen LogP contribution in [0.5, 0.6) is 0 Å². The topological polar surface area (TPSA) is 73.1 Å². The third-order valence-electron chi connectivity index (χ3n) is 5.50. The summed E-state index contributed by atoms with van der Waals surface area (Å²) in [6.45, 7) is 3.87. The first-order valence-corrected chi connectivity index (χ1v) is 10.9. The average molecular weight is 467 g/mol. The Hall–Kier alpha value is -3.79. The van der Waals surface area contributed by atoms with E-state index in [4.69, 9.17) is 5.26 Å². The number of nitrogens with zero attached hydrogens (tertiary/aromatic N) is 1. The minimum absolute atomic E-state index is 0.0667. The van der Waals surface area contributed by atoms with Gasteiger partial charge in [-0.25, -0.2) is 0 Å². The second-order valence-electron chi connectivity index (χ2n) is 8.53.